The molecule has 18 heavy (non-hydrogen) atoms. The van der Waals surface area contributed by atoms with Gasteiger partial charge in [0.2, 0.25) is 5.95 Å². The molecule has 3 rings (SSSR count). The summed E-state index contributed by atoms with van der Waals surface area (Å²) in [6, 6.07) is 7.39. The quantitative estimate of drug-likeness (QED) is 0.686. The lowest BCUT2D eigenvalue weighted by atomic mass is 10.3. The van der Waals surface area contributed by atoms with Crippen LogP contribution in [0.3, 0.4) is 0 Å². The first-order valence-corrected chi connectivity index (χ1v) is 5.24. The van der Waals surface area contributed by atoms with E-state index in [4.69, 9.17) is 11.0 Å². The van der Waals surface area contributed by atoms with Crippen molar-refractivity contribution in [1.82, 2.24) is 19.5 Å². The molecule has 0 aromatic carbocycles. The molecule has 0 saturated carbocycles. The van der Waals surface area contributed by atoms with Gasteiger partial charge in [-0.1, -0.05) is 0 Å². The van der Waals surface area contributed by atoms with E-state index in [1.807, 2.05) is 22.9 Å². The SMILES string of the molecule is N#Cc1cc2c(ccn2-c2ccnc(N)n2)cn1. The lowest BCUT2D eigenvalue weighted by Crippen LogP contribution is -2.01. The van der Waals surface area contributed by atoms with Crippen molar-refractivity contribution < 1.29 is 0 Å². The van der Waals surface area contributed by atoms with E-state index in [1.165, 1.54) is 0 Å². The Morgan fingerprint density at radius 2 is 2.17 bits per heavy atom. The van der Waals surface area contributed by atoms with Crippen LogP contribution in [0.2, 0.25) is 0 Å². The number of nitrogen functional groups attached to an aromatic ring is 1. The summed E-state index contributed by atoms with van der Waals surface area (Å²) < 4.78 is 1.84. The van der Waals surface area contributed by atoms with Crippen molar-refractivity contribution in [2.45, 2.75) is 0 Å². The van der Waals surface area contributed by atoms with Crippen LogP contribution in [0, 0.1) is 11.3 Å². The average Bonchev–Trinajstić information content (AvgIpc) is 2.81. The number of nitrogens with zero attached hydrogens (tertiary/aromatic N) is 5. The van der Waals surface area contributed by atoms with Gasteiger partial charge in [0.05, 0.1) is 5.52 Å². The molecule has 3 heterocycles. The van der Waals surface area contributed by atoms with Crippen molar-refractivity contribution in [3.8, 4) is 11.9 Å². The Morgan fingerprint density at radius 3 is 2.94 bits per heavy atom. The minimum absolute atomic E-state index is 0.212. The second-order valence-electron chi connectivity index (χ2n) is 3.70. The zero-order valence-corrected chi connectivity index (χ0v) is 9.28. The Morgan fingerprint density at radius 1 is 1.28 bits per heavy atom. The number of nitrogens with two attached hydrogens (primary N) is 1. The molecule has 0 saturated heterocycles. The second kappa shape index (κ2) is 3.82. The summed E-state index contributed by atoms with van der Waals surface area (Å²) in [6.07, 6.45) is 5.11. The van der Waals surface area contributed by atoms with Crippen molar-refractivity contribution in [1.29, 1.82) is 5.26 Å². The summed E-state index contributed by atoms with van der Waals surface area (Å²) in [5.74, 6) is 0.872. The van der Waals surface area contributed by atoms with E-state index in [9.17, 15) is 0 Å². The number of nitriles is 1. The lowest BCUT2D eigenvalue weighted by Gasteiger charge is -2.04. The first kappa shape index (κ1) is 10.2. The Labute approximate surface area is 102 Å². The van der Waals surface area contributed by atoms with Crippen LogP contribution in [0.4, 0.5) is 5.95 Å². The molecule has 0 unspecified atom stereocenters. The smallest absolute Gasteiger partial charge is 0.221 e. The van der Waals surface area contributed by atoms with Gasteiger partial charge in [-0.15, -0.1) is 0 Å². The van der Waals surface area contributed by atoms with Gasteiger partial charge >= 0.3 is 0 Å². The van der Waals surface area contributed by atoms with Crippen LogP contribution >= 0.6 is 0 Å². The molecule has 0 aliphatic heterocycles. The predicted octanol–water partition coefficient (Wildman–Crippen LogP) is 1.27. The topological polar surface area (TPSA) is 93.4 Å². The predicted molar refractivity (Wildman–Crippen MR) is 65.8 cm³/mol. The summed E-state index contributed by atoms with van der Waals surface area (Å²) >= 11 is 0. The summed E-state index contributed by atoms with van der Waals surface area (Å²) in [5.41, 5.74) is 6.79. The Hall–Kier alpha value is -2.94. The van der Waals surface area contributed by atoms with Gasteiger partial charge in [-0.25, -0.2) is 9.97 Å². The molecule has 0 amide bonds. The van der Waals surface area contributed by atoms with Gasteiger partial charge in [0.1, 0.15) is 17.6 Å². The van der Waals surface area contributed by atoms with E-state index >= 15 is 0 Å². The minimum Gasteiger partial charge on any atom is -0.368 e. The molecule has 0 aliphatic carbocycles. The molecule has 2 N–H and O–H groups in total. The minimum atomic E-state index is 0.212. The Kier molecular flexibility index (Phi) is 2.17. The number of hydrogen-bond donors (Lipinski definition) is 1. The highest BCUT2D eigenvalue weighted by Gasteiger charge is 2.06. The van der Waals surface area contributed by atoms with Gasteiger partial charge in [0.15, 0.2) is 0 Å². The molecule has 6 heteroatoms. The van der Waals surface area contributed by atoms with E-state index < -0.39 is 0 Å². The van der Waals surface area contributed by atoms with E-state index in [0.29, 0.717) is 11.5 Å². The summed E-state index contributed by atoms with van der Waals surface area (Å²) in [5, 5.41) is 9.81. The Balaban J connectivity index is 2.27. The van der Waals surface area contributed by atoms with Crippen LogP contribution in [-0.2, 0) is 0 Å². The van der Waals surface area contributed by atoms with Gasteiger partial charge in [-0.05, 0) is 18.2 Å². The number of fused-ring (bicyclic) bond motifs is 1. The third kappa shape index (κ3) is 1.55. The molecule has 86 valence electrons. The van der Waals surface area contributed by atoms with Crippen molar-refractivity contribution in [2.24, 2.45) is 0 Å². The number of anilines is 1. The van der Waals surface area contributed by atoms with E-state index in [-0.39, 0.29) is 5.95 Å². The number of aromatic nitrogens is 4. The molecule has 3 aromatic heterocycles. The molecule has 0 atom stereocenters. The maximum absolute atomic E-state index is 8.87. The van der Waals surface area contributed by atoms with E-state index in [2.05, 4.69) is 15.0 Å². The van der Waals surface area contributed by atoms with Crippen LogP contribution in [-0.4, -0.2) is 19.5 Å². The highest BCUT2D eigenvalue weighted by Crippen LogP contribution is 2.19. The fraction of sp³-hybridized carbons (Fsp3) is 0. The standard InChI is InChI=1S/C12H8N6/c13-6-9-5-10-8(7-16-9)2-4-18(10)11-1-3-15-12(14)17-11/h1-5,7H,(H2,14,15,17). The lowest BCUT2D eigenvalue weighted by molar-refractivity contribution is 1.02. The van der Waals surface area contributed by atoms with Gasteiger partial charge < -0.3 is 10.3 Å². The van der Waals surface area contributed by atoms with Crippen LogP contribution in [0.15, 0.2) is 36.8 Å². The van der Waals surface area contributed by atoms with Gasteiger partial charge in [0, 0.05) is 24.0 Å². The zero-order chi connectivity index (χ0) is 12.5. The number of rotatable bonds is 1. The van der Waals surface area contributed by atoms with E-state index in [0.717, 1.165) is 10.9 Å². The normalized spacial score (nSPS) is 10.4. The maximum Gasteiger partial charge on any atom is 0.221 e. The van der Waals surface area contributed by atoms with Gasteiger partial charge in [-0.2, -0.15) is 10.2 Å². The number of hydrogen-bond acceptors (Lipinski definition) is 5. The fourth-order valence-corrected chi connectivity index (χ4v) is 1.79. The van der Waals surface area contributed by atoms with E-state index in [1.54, 1.807) is 24.5 Å². The van der Waals surface area contributed by atoms with Crippen molar-refractivity contribution >= 4 is 16.9 Å². The molecule has 6 nitrogen and oxygen atoms in total. The maximum atomic E-state index is 8.87. The largest absolute Gasteiger partial charge is 0.368 e. The fourth-order valence-electron chi connectivity index (χ4n) is 1.79. The highest BCUT2D eigenvalue weighted by molar-refractivity contribution is 5.81. The molecule has 0 fully saturated rings. The Bertz CT molecular complexity index is 768. The molecular formula is C12H8N6. The monoisotopic (exact) mass is 236 g/mol. The first-order chi connectivity index (χ1) is 8.78. The highest BCUT2D eigenvalue weighted by atomic mass is 15.1. The summed E-state index contributed by atoms with van der Waals surface area (Å²) in [7, 11) is 0. The van der Waals surface area contributed by atoms with Gasteiger partial charge in [-0.3, -0.25) is 0 Å². The van der Waals surface area contributed by atoms with Crippen molar-refractivity contribution in [3.63, 3.8) is 0 Å². The van der Waals surface area contributed by atoms with Crippen LogP contribution < -0.4 is 5.73 Å². The van der Waals surface area contributed by atoms with Crippen molar-refractivity contribution in [2.75, 3.05) is 5.73 Å². The molecule has 3 aromatic rings. The first-order valence-electron chi connectivity index (χ1n) is 5.24. The molecular weight excluding hydrogens is 228 g/mol. The van der Waals surface area contributed by atoms with Gasteiger partial charge in [0.25, 0.3) is 0 Å². The van der Waals surface area contributed by atoms with Crippen LogP contribution in [0.1, 0.15) is 5.69 Å². The van der Waals surface area contributed by atoms with Crippen LogP contribution in [0.25, 0.3) is 16.7 Å². The molecule has 0 spiro atoms. The summed E-state index contributed by atoms with van der Waals surface area (Å²) in [6.45, 7) is 0. The third-order valence-corrected chi connectivity index (χ3v) is 2.60. The van der Waals surface area contributed by atoms with Crippen molar-refractivity contribution in [3.05, 3.63) is 42.5 Å². The zero-order valence-electron chi connectivity index (χ0n) is 9.28. The molecule has 0 radical (unpaired) electrons. The van der Waals surface area contributed by atoms with Crippen LogP contribution in [0.5, 0.6) is 0 Å². The average molecular weight is 236 g/mol. The molecule has 0 aliphatic rings. The molecule has 0 bridgehead atoms. The second-order valence-corrected chi connectivity index (χ2v) is 3.70. The third-order valence-electron chi connectivity index (χ3n) is 2.60. The summed E-state index contributed by atoms with van der Waals surface area (Å²) in [4.78, 5) is 12.0. The number of pyridine rings is 1.